The molecule has 3 nitrogen and oxygen atoms in total. The zero-order valence-corrected chi connectivity index (χ0v) is 13.6. The third-order valence-electron chi connectivity index (χ3n) is 3.71. The number of benzene rings is 1. The zero-order valence-electron chi connectivity index (χ0n) is 12.8. The summed E-state index contributed by atoms with van der Waals surface area (Å²) in [4.78, 5) is 10.2. The van der Waals surface area contributed by atoms with Crippen LogP contribution in [-0.4, -0.2) is 15.1 Å². The smallest absolute Gasteiger partial charge is 0.135 e. The molecular weight excluding hydrogens is 316 g/mol. The molecule has 1 N–H and O–H groups in total. The molecule has 24 heavy (non-hydrogen) atoms. The Morgan fingerprint density at radius 2 is 1.25 bits per heavy atom. The molecule has 0 saturated carbocycles. The van der Waals surface area contributed by atoms with E-state index in [4.69, 9.17) is 4.98 Å². The van der Waals surface area contributed by atoms with Gasteiger partial charge in [0, 0.05) is 5.56 Å². The lowest BCUT2D eigenvalue weighted by Crippen LogP contribution is -1.91. The second-order valence-corrected chi connectivity index (χ2v) is 6.23. The molecule has 0 saturated heterocycles. The molecule has 0 aliphatic rings. The molecule has 0 bridgehead atoms. The average Bonchev–Trinajstić information content (AvgIpc) is 3.09. The van der Waals surface area contributed by atoms with E-state index in [1.54, 1.807) is 6.07 Å². The maximum atomic E-state index is 9.91. The number of aromatic hydroxyl groups is 1. The fourth-order valence-electron chi connectivity index (χ4n) is 2.55. The predicted octanol–water partition coefficient (Wildman–Crippen LogP) is 5.24. The van der Waals surface area contributed by atoms with Crippen LogP contribution in [0.1, 0.15) is 0 Å². The summed E-state index contributed by atoms with van der Waals surface area (Å²) in [6, 6.07) is 23.5. The van der Waals surface area contributed by atoms with E-state index in [9.17, 15) is 5.11 Å². The number of aromatic nitrogens is 2. The van der Waals surface area contributed by atoms with Crippen LogP contribution in [0.4, 0.5) is 0 Å². The van der Waals surface area contributed by atoms with Crippen LogP contribution in [0.3, 0.4) is 0 Å². The van der Waals surface area contributed by atoms with Gasteiger partial charge in [-0.1, -0.05) is 42.5 Å². The van der Waals surface area contributed by atoms with Crippen LogP contribution in [0.25, 0.3) is 33.2 Å². The van der Waals surface area contributed by atoms with Gasteiger partial charge in [0.2, 0.25) is 0 Å². The minimum atomic E-state index is 0.260. The Hall–Kier alpha value is -2.98. The fraction of sp³-hybridized carbons (Fsp3) is 0. The summed E-state index contributed by atoms with van der Waals surface area (Å²) in [5.74, 6) is 0.260. The Kier molecular flexibility index (Phi) is 3.81. The lowest BCUT2D eigenvalue weighted by Gasteiger charge is -2.06. The molecule has 0 atom stereocenters. The number of pyridine rings is 2. The van der Waals surface area contributed by atoms with Crippen LogP contribution >= 0.6 is 11.3 Å². The highest BCUT2D eigenvalue weighted by Crippen LogP contribution is 2.34. The molecule has 3 aromatic heterocycles. The van der Waals surface area contributed by atoms with Crippen LogP contribution in [0, 0.1) is 0 Å². The lowest BCUT2D eigenvalue weighted by atomic mass is 10.1. The van der Waals surface area contributed by atoms with E-state index in [0.29, 0.717) is 0 Å². The average molecular weight is 330 g/mol. The summed E-state index contributed by atoms with van der Waals surface area (Å²) >= 11 is 1.47. The summed E-state index contributed by atoms with van der Waals surface area (Å²) in [7, 11) is 0. The van der Waals surface area contributed by atoms with Crippen molar-refractivity contribution in [2.75, 3.05) is 0 Å². The second-order valence-electron chi connectivity index (χ2n) is 5.32. The van der Waals surface area contributed by atoms with E-state index in [2.05, 4.69) is 4.98 Å². The first kappa shape index (κ1) is 14.6. The van der Waals surface area contributed by atoms with Crippen molar-refractivity contribution in [3.05, 3.63) is 78.2 Å². The minimum absolute atomic E-state index is 0.260. The van der Waals surface area contributed by atoms with Crippen molar-refractivity contribution in [3.63, 3.8) is 0 Å². The van der Waals surface area contributed by atoms with Gasteiger partial charge in [0.15, 0.2) is 0 Å². The molecule has 116 valence electrons. The highest BCUT2D eigenvalue weighted by atomic mass is 32.1. The molecule has 0 aliphatic carbocycles. The Balaban J connectivity index is 1.76. The molecule has 0 amide bonds. The van der Waals surface area contributed by atoms with Gasteiger partial charge in [-0.15, -0.1) is 11.3 Å². The van der Waals surface area contributed by atoms with Crippen molar-refractivity contribution < 1.29 is 5.11 Å². The third-order valence-corrected chi connectivity index (χ3v) is 4.63. The van der Waals surface area contributed by atoms with Crippen molar-refractivity contribution in [1.82, 2.24) is 9.97 Å². The lowest BCUT2D eigenvalue weighted by molar-refractivity contribution is 0.479. The summed E-state index contributed by atoms with van der Waals surface area (Å²) in [5, 5.41) is 11.8. The Morgan fingerprint density at radius 3 is 1.92 bits per heavy atom. The first-order valence-corrected chi connectivity index (χ1v) is 8.46. The monoisotopic (exact) mass is 330 g/mol. The van der Waals surface area contributed by atoms with E-state index >= 15 is 0 Å². The Labute approximate surface area is 143 Å². The number of nitrogens with zero attached hydrogens (tertiary/aromatic N) is 2. The van der Waals surface area contributed by atoms with Crippen LogP contribution in [0.5, 0.6) is 5.75 Å². The van der Waals surface area contributed by atoms with Crippen LogP contribution in [0.15, 0.2) is 78.2 Å². The topological polar surface area (TPSA) is 46.0 Å². The van der Waals surface area contributed by atoms with Crippen LogP contribution in [0.2, 0.25) is 0 Å². The number of hydrogen-bond donors (Lipinski definition) is 1. The molecule has 3 heterocycles. The SMILES string of the molecule is Oc1ccsc1-c1cccc(-c2cccc(-c3ccccc3)n2)n1. The van der Waals surface area contributed by atoms with Crippen LogP contribution in [-0.2, 0) is 0 Å². The van der Waals surface area contributed by atoms with E-state index in [1.807, 2.05) is 72.1 Å². The van der Waals surface area contributed by atoms with Crippen molar-refractivity contribution in [2.24, 2.45) is 0 Å². The molecule has 4 rings (SSSR count). The maximum absolute atomic E-state index is 9.91. The van der Waals surface area contributed by atoms with Gasteiger partial charge >= 0.3 is 0 Å². The van der Waals surface area contributed by atoms with Crippen LogP contribution < -0.4 is 0 Å². The van der Waals surface area contributed by atoms with E-state index in [0.717, 1.165) is 33.2 Å². The molecule has 0 aliphatic heterocycles. The third kappa shape index (κ3) is 2.79. The van der Waals surface area contributed by atoms with E-state index in [1.165, 1.54) is 11.3 Å². The fourth-order valence-corrected chi connectivity index (χ4v) is 3.30. The number of rotatable bonds is 3. The van der Waals surface area contributed by atoms with Gasteiger partial charge in [-0.2, -0.15) is 0 Å². The molecule has 4 aromatic rings. The molecule has 0 unspecified atom stereocenters. The molecule has 1 aromatic carbocycles. The van der Waals surface area contributed by atoms with Crippen molar-refractivity contribution in [2.45, 2.75) is 0 Å². The summed E-state index contributed by atoms with van der Waals surface area (Å²) < 4.78 is 0. The molecule has 0 fully saturated rings. The van der Waals surface area contributed by atoms with Gasteiger partial charge in [0.1, 0.15) is 5.75 Å². The second kappa shape index (κ2) is 6.26. The standard InChI is InChI=1S/C20H14N2OS/c23-19-12-13-24-20(19)18-11-5-10-17(22-18)16-9-4-8-15(21-16)14-6-2-1-3-7-14/h1-13,23H. The van der Waals surface area contributed by atoms with Gasteiger partial charge in [-0.3, -0.25) is 0 Å². The zero-order chi connectivity index (χ0) is 16.4. The molecule has 0 radical (unpaired) electrons. The van der Waals surface area contributed by atoms with E-state index in [-0.39, 0.29) is 5.75 Å². The highest BCUT2D eigenvalue weighted by molar-refractivity contribution is 7.13. The molecule has 0 spiro atoms. The van der Waals surface area contributed by atoms with Crippen molar-refractivity contribution >= 4 is 11.3 Å². The van der Waals surface area contributed by atoms with Gasteiger partial charge < -0.3 is 5.11 Å². The first-order valence-electron chi connectivity index (χ1n) is 7.58. The highest BCUT2D eigenvalue weighted by Gasteiger charge is 2.10. The van der Waals surface area contributed by atoms with Gasteiger partial charge in [0.25, 0.3) is 0 Å². The molecule has 4 heteroatoms. The minimum Gasteiger partial charge on any atom is -0.506 e. The number of hydrogen-bond acceptors (Lipinski definition) is 4. The number of thiophene rings is 1. The first-order chi connectivity index (χ1) is 11.8. The Morgan fingerprint density at radius 1 is 0.625 bits per heavy atom. The van der Waals surface area contributed by atoms with Crippen molar-refractivity contribution in [1.29, 1.82) is 0 Å². The summed E-state index contributed by atoms with van der Waals surface area (Å²) in [5.41, 5.74) is 4.35. The quantitative estimate of drug-likeness (QED) is 0.558. The van der Waals surface area contributed by atoms with Gasteiger partial charge in [0.05, 0.1) is 27.7 Å². The molecular formula is C20H14N2OS. The van der Waals surface area contributed by atoms with Gasteiger partial charge in [-0.25, -0.2) is 9.97 Å². The van der Waals surface area contributed by atoms with Gasteiger partial charge in [-0.05, 0) is 35.7 Å². The summed E-state index contributed by atoms with van der Waals surface area (Å²) in [6.45, 7) is 0. The maximum Gasteiger partial charge on any atom is 0.135 e. The normalized spacial score (nSPS) is 10.7. The van der Waals surface area contributed by atoms with E-state index < -0.39 is 0 Å². The summed E-state index contributed by atoms with van der Waals surface area (Å²) in [6.07, 6.45) is 0. The largest absolute Gasteiger partial charge is 0.506 e. The van der Waals surface area contributed by atoms with Crippen molar-refractivity contribution in [3.8, 4) is 39.0 Å². The Bertz CT molecular complexity index is 980. The predicted molar refractivity (Wildman–Crippen MR) is 97.9 cm³/mol.